The van der Waals surface area contributed by atoms with Crippen molar-refractivity contribution in [2.24, 2.45) is 0 Å². The molecule has 1 aliphatic carbocycles. The van der Waals surface area contributed by atoms with Crippen LogP contribution in [0.15, 0.2) is 61.2 Å². The van der Waals surface area contributed by atoms with E-state index in [0.717, 1.165) is 33.5 Å². The molecule has 16 nitrogen and oxygen atoms in total. The number of ether oxygens (including phenoxy) is 3. The maximum absolute atomic E-state index is 13.4. The van der Waals surface area contributed by atoms with Gasteiger partial charge in [-0.05, 0) is 63.8 Å². The van der Waals surface area contributed by atoms with Crippen molar-refractivity contribution >= 4 is 47.1 Å². The molecule has 0 bridgehead atoms. The molecule has 0 saturated heterocycles. The Morgan fingerprint density at radius 2 is 1.42 bits per heavy atom. The lowest BCUT2D eigenvalue weighted by Gasteiger charge is -2.28. The number of hydrogen-bond donors (Lipinski definition) is 2. The summed E-state index contributed by atoms with van der Waals surface area (Å²) in [7, 11) is 0. The van der Waals surface area contributed by atoms with Crippen LogP contribution in [0.1, 0.15) is 58.6 Å². The third-order valence-electron chi connectivity index (χ3n) is 7.73. The maximum atomic E-state index is 13.4. The number of carboxylic acids is 1. The number of carbonyl (C=O) groups excluding carboxylic acids is 4. The fraction of sp³-hybridized carbons (Fsp3) is 0.389. The SMILES string of the molecule is CC(C)(C)OC(=O)N(C(=O)OC(C)(C)C)c1ncnc2c1ncn2CC(=O)N(CCNC(=O)OCC1c2ccccc2-c2ccccc21)CC(=O)O. The number of anilines is 1. The summed E-state index contributed by atoms with van der Waals surface area (Å²) in [5, 5.41) is 12.1. The van der Waals surface area contributed by atoms with Crippen LogP contribution in [0.3, 0.4) is 0 Å². The van der Waals surface area contributed by atoms with Crippen LogP contribution >= 0.6 is 0 Å². The minimum absolute atomic E-state index is 0.0197. The molecule has 274 valence electrons. The van der Waals surface area contributed by atoms with Gasteiger partial charge in [-0.25, -0.2) is 29.3 Å². The lowest BCUT2D eigenvalue weighted by Crippen LogP contribution is -2.44. The monoisotopic (exact) mass is 715 g/mol. The number of rotatable bonds is 10. The molecule has 4 aromatic rings. The predicted molar refractivity (Wildman–Crippen MR) is 188 cm³/mol. The Morgan fingerprint density at radius 1 is 0.846 bits per heavy atom. The average molecular weight is 716 g/mol. The number of nitrogens with one attached hydrogen (secondary N) is 1. The van der Waals surface area contributed by atoms with Gasteiger partial charge in [-0.2, -0.15) is 4.90 Å². The maximum Gasteiger partial charge on any atom is 0.425 e. The van der Waals surface area contributed by atoms with E-state index in [1.165, 1.54) is 10.9 Å². The number of carbonyl (C=O) groups is 5. The normalized spacial score (nSPS) is 12.4. The molecule has 0 spiro atoms. The Bertz CT molecular complexity index is 1920. The van der Waals surface area contributed by atoms with Crippen LogP contribution in [0.5, 0.6) is 0 Å². The van der Waals surface area contributed by atoms with E-state index < -0.39 is 54.4 Å². The van der Waals surface area contributed by atoms with Crippen molar-refractivity contribution in [3.05, 3.63) is 72.3 Å². The van der Waals surface area contributed by atoms with Gasteiger partial charge in [-0.1, -0.05) is 48.5 Å². The van der Waals surface area contributed by atoms with Gasteiger partial charge in [0.05, 0.1) is 6.33 Å². The molecule has 16 heteroatoms. The molecule has 0 atom stereocenters. The fourth-order valence-corrected chi connectivity index (χ4v) is 5.65. The standard InChI is InChI=1S/C36H41N7O9/c1-35(2,3)51-33(48)43(34(49)52-36(4,5)6)31-29-30(38-20-39-31)42(21-40-29)17-27(44)41(18-28(45)46)16-15-37-32(47)50-19-26-24-13-9-7-11-22(24)23-12-8-10-14-25(23)26/h7-14,20-21,26H,15-19H2,1-6H3,(H,37,47)(H,45,46). The third kappa shape index (κ3) is 8.80. The number of carboxylic acid groups (broad SMARTS) is 1. The van der Waals surface area contributed by atoms with Crippen LogP contribution in [-0.4, -0.2) is 97.1 Å². The highest BCUT2D eigenvalue weighted by Crippen LogP contribution is 2.44. The Balaban J connectivity index is 1.25. The minimum atomic E-state index is -1.26. The molecule has 1 aliphatic rings. The first-order valence-electron chi connectivity index (χ1n) is 16.5. The molecule has 52 heavy (non-hydrogen) atoms. The molecule has 0 radical (unpaired) electrons. The van der Waals surface area contributed by atoms with Gasteiger partial charge in [-0.15, -0.1) is 0 Å². The average Bonchev–Trinajstić information content (AvgIpc) is 3.60. The summed E-state index contributed by atoms with van der Waals surface area (Å²) in [6.07, 6.45) is -0.520. The van der Waals surface area contributed by atoms with E-state index in [4.69, 9.17) is 14.2 Å². The van der Waals surface area contributed by atoms with Gasteiger partial charge >= 0.3 is 24.2 Å². The van der Waals surface area contributed by atoms with Crippen LogP contribution in [0.25, 0.3) is 22.3 Å². The van der Waals surface area contributed by atoms with E-state index in [1.807, 2.05) is 48.5 Å². The minimum Gasteiger partial charge on any atom is -0.480 e. The van der Waals surface area contributed by atoms with Gasteiger partial charge in [0, 0.05) is 19.0 Å². The first-order chi connectivity index (χ1) is 24.5. The van der Waals surface area contributed by atoms with E-state index in [1.54, 1.807) is 41.5 Å². The van der Waals surface area contributed by atoms with Gasteiger partial charge in [0.25, 0.3) is 0 Å². The molecule has 0 aliphatic heterocycles. The van der Waals surface area contributed by atoms with Crippen molar-refractivity contribution in [3.8, 4) is 11.1 Å². The Hall–Kier alpha value is -6.06. The van der Waals surface area contributed by atoms with Crippen LogP contribution < -0.4 is 10.2 Å². The molecule has 5 rings (SSSR count). The van der Waals surface area contributed by atoms with Crippen molar-refractivity contribution < 1.29 is 43.3 Å². The van der Waals surface area contributed by atoms with E-state index in [2.05, 4.69) is 20.3 Å². The molecule has 0 fully saturated rings. The number of fused-ring (bicyclic) bond motifs is 4. The van der Waals surface area contributed by atoms with Crippen molar-refractivity contribution in [1.29, 1.82) is 0 Å². The van der Waals surface area contributed by atoms with E-state index in [0.29, 0.717) is 4.90 Å². The van der Waals surface area contributed by atoms with Crippen molar-refractivity contribution in [2.45, 2.75) is 65.2 Å². The van der Waals surface area contributed by atoms with Crippen molar-refractivity contribution in [1.82, 2.24) is 29.7 Å². The van der Waals surface area contributed by atoms with Gasteiger partial charge < -0.3 is 34.1 Å². The topological polar surface area (TPSA) is 195 Å². The molecule has 0 unspecified atom stereocenters. The number of aromatic nitrogens is 4. The summed E-state index contributed by atoms with van der Waals surface area (Å²) >= 11 is 0. The van der Waals surface area contributed by atoms with E-state index in [9.17, 15) is 29.1 Å². The molecule has 2 aromatic carbocycles. The fourth-order valence-electron chi connectivity index (χ4n) is 5.65. The number of nitrogens with zero attached hydrogens (tertiary/aromatic N) is 6. The van der Waals surface area contributed by atoms with Crippen molar-refractivity contribution in [3.63, 3.8) is 0 Å². The highest BCUT2D eigenvalue weighted by Gasteiger charge is 2.36. The smallest absolute Gasteiger partial charge is 0.425 e. The van der Waals surface area contributed by atoms with Crippen LogP contribution in [0, 0.1) is 0 Å². The Labute approximate surface area is 299 Å². The summed E-state index contributed by atoms with van der Waals surface area (Å²) in [6.45, 7) is 8.57. The number of imidazole rings is 1. The van der Waals surface area contributed by atoms with Crippen LogP contribution in [-0.2, 0) is 30.3 Å². The highest BCUT2D eigenvalue weighted by molar-refractivity contribution is 6.12. The molecule has 2 aromatic heterocycles. The molecule has 4 amide bonds. The predicted octanol–water partition coefficient (Wildman–Crippen LogP) is 4.95. The summed E-state index contributed by atoms with van der Waals surface area (Å²) in [4.78, 5) is 78.4. The Kier molecular flexibility index (Phi) is 10.8. The Morgan fingerprint density at radius 3 is 1.98 bits per heavy atom. The van der Waals surface area contributed by atoms with Gasteiger partial charge in [0.2, 0.25) is 5.91 Å². The summed E-state index contributed by atoms with van der Waals surface area (Å²) < 4.78 is 17.7. The zero-order valence-corrected chi connectivity index (χ0v) is 29.8. The third-order valence-corrected chi connectivity index (χ3v) is 7.73. The number of alkyl carbamates (subject to hydrolysis) is 1. The van der Waals surface area contributed by atoms with E-state index >= 15 is 0 Å². The zero-order chi connectivity index (χ0) is 37.8. The molecule has 0 saturated carbocycles. The number of imide groups is 1. The lowest BCUT2D eigenvalue weighted by atomic mass is 9.98. The van der Waals surface area contributed by atoms with Gasteiger partial charge in [0.15, 0.2) is 17.0 Å². The highest BCUT2D eigenvalue weighted by atomic mass is 16.6. The second kappa shape index (κ2) is 15.0. The second-order valence-corrected chi connectivity index (χ2v) is 14.0. The number of aliphatic carboxylic acids is 1. The van der Waals surface area contributed by atoms with Crippen LogP contribution in [0.4, 0.5) is 20.2 Å². The molecule has 2 N–H and O–H groups in total. The molecular weight excluding hydrogens is 674 g/mol. The first kappa shape index (κ1) is 37.2. The second-order valence-electron chi connectivity index (χ2n) is 14.0. The quantitative estimate of drug-likeness (QED) is 0.210. The van der Waals surface area contributed by atoms with Gasteiger partial charge in [-0.3, -0.25) is 9.59 Å². The summed E-state index contributed by atoms with van der Waals surface area (Å²) in [6, 6.07) is 15.9. The number of benzene rings is 2. The largest absolute Gasteiger partial charge is 0.480 e. The lowest BCUT2D eigenvalue weighted by molar-refractivity contribution is -0.144. The van der Waals surface area contributed by atoms with E-state index in [-0.39, 0.29) is 42.6 Å². The summed E-state index contributed by atoms with van der Waals surface area (Å²) in [5.74, 6) is -2.28. The first-order valence-corrected chi connectivity index (χ1v) is 16.5. The number of hydrogen-bond acceptors (Lipinski definition) is 11. The number of amides is 4. The zero-order valence-electron chi connectivity index (χ0n) is 29.8. The molecule has 2 heterocycles. The van der Waals surface area contributed by atoms with Crippen molar-refractivity contribution in [2.75, 3.05) is 31.1 Å². The summed E-state index contributed by atoms with van der Waals surface area (Å²) in [5.41, 5.74) is 2.41. The molecular formula is C36H41N7O9. The van der Waals surface area contributed by atoms with Gasteiger partial charge in [0.1, 0.15) is 37.2 Å². The van der Waals surface area contributed by atoms with Crippen LogP contribution in [0.2, 0.25) is 0 Å².